The summed E-state index contributed by atoms with van der Waals surface area (Å²) in [6.45, 7) is 4.78. The van der Waals surface area contributed by atoms with Gasteiger partial charge in [0.15, 0.2) is 0 Å². The van der Waals surface area contributed by atoms with Crippen molar-refractivity contribution in [2.75, 3.05) is 27.3 Å². The van der Waals surface area contributed by atoms with Crippen LogP contribution in [0.2, 0.25) is 0 Å². The number of ether oxygens (including phenoxy) is 2. The van der Waals surface area contributed by atoms with Gasteiger partial charge >= 0.3 is 11.9 Å². The van der Waals surface area contributed by atoms with Crippen molar-refractivity contribution >= 4 is 18.3 Å². The van der Waals surface area contributed by atoms with Gasteiger partial charge in [0.05, 0.1) is 24.3 Å². The molecule has 1 aromatic rings. The summed E-state index contributed by atoms with van der Waals surface area (Å²) in [5, 5.41) is 0. The molecule has 1 aromatic carbocycles. The molecule has 6 nitrogen and oxygen atoms in total. The molecule has 0 aliphatic rings. The lowest BCUT2D eigenvalue weighted by molar-refractivity contribution is -0.115. The molecule has 0 radical (unpaired) electrons. The molecule has 140 valence electrons. The van der Waals surface area contributed by atoms with E-state index in [4.69, 9.17) is 9.47 Å². The van der Waals surface area contributed by atoms with Crippen molar-refractivity contribution in [2.45, 2.75) is 39.5 Å². The van der Waals surface area contributed by atoms with Gasteiger partial charge in [-0.1, -0.05) is 38.8 Å². The lowest BCUT2D eigenvalue weighted by Crippen LogP contribution is -2.14. The third-order valence-electron chi connectivity index (χ3n) is 3.04. The van der Waals surface area contributed by atoms with Crippen LogP contribution in [0.1, 0.15) is 60.2 Å². The number of esters is 2. The Morgan fingerprint density at radius 3 is 1.56 bits per heavy atom. The summed E-state index contributed by atoms with van der Waals surface area (Å²) in [6, 6.07) is 6.59. The van der Waals surface area contributed by atoms with Crippen LogP contribution in [0.3, 0.4) is 0 Å². The van der Waals surface area contributed by atoms with E-state index >= 15 is 0 Å². The van der Waals surface area contributed by atoms with Gasteiger partial charge in [0.2, 0.25) is 6.41 Å². The number of carbonyl (C=O) groups excluding carboxylic acids is 3. The molecular formula is C19H29NO5. The number of hydrogen-bond acceptors (Lipinski definition) is 5. The molecule has 6 heteroatoms. The van der Waals surface area contributed by atoms with E-state index in [1.165, 1.54) is 4.90 Å². The van der Waals surface area contributed by atoms with Gasteiger partial charge in [-0.05, 0) is 25.0 Å². The van der Waals surface area contributed by atoms with Crippen LogP contribution in [-0.4, -0.2) is 50.6 Å². The number of hydrogen-bond donors (Lipinski definition) is 0. The summed E-state index contributed by atoms with van der Waals surface area (Å²) in [6.07, 6.45) is 4.28. The second-order valence-corrected chi connectivity index (χ2v) is 5.59. The fourth-order valence-corrected chi connectivity index (χ4v) is 1.61. The topological polar surface area (TPSA) is 72.9 Å². The molecule has 25 heavy (non-hydrogen) atoms. The number of benzene rings is 1. The monoisotopic (exact) mass is 351 g/mol. The molecule has 0 spiro atoms. The minimum Gasteiger partial charge on any atom is -0.462 e. The summed E-state index contributed by atoms with van der Waals surface area (Å²) in [5.74, 6) is -0.942. The van der Waals surface area contributed by atoms with E-state index in [1.807, 2.05) is 13.8 Å². The molecular weight excluding hydrogens is 322 g/mol. The Morgan fingerprint density at radius 1 is 0.920 bits per heavy atom. The first-order valence-electron chi connectivity index (χ1n) is 8.52. The SMILES string of the molecule is CCCCOC(=O)c1ccccc1C(=O)OCCCC.CN(C)C=O. The Balaban J connectivity index is 0.00000101. The molecule has 1 amide bonds. The van der Waals surface area contributed by atoms with Gasteiger partial charge in [-0.15, -0.1) is 0 Å². The van der Waals surface area contributed by atoms with Crippen molar-refractivity contribution in [1.29, 1.82) is 0 Å². The summed E-state index contributed by atoms with van der Waals surface area (Å²) < 4.78 is 10.3. The molecule has 0 fully saturated rings. The summed E-state index contributed by atoms with van der Waals surface area (Å²) in [4.78, 5) is 34.8. The van der Waals surface area contributed by atoms with Gasteiger partial charge in [-0.3, -0.25) is 4.79 Å². The minimum atomic E-state index is -0.471. The van der Waals surface area contributed by atoms with Crippen LogP contribution in [0.25, 0.3) is 0 Å². The van der Waals surface area contributed by atoms with E-state index < -0.39 is 11.9 Å². The molecule has 0 N–H and O–H groups in total. The predicted molar refractivity (Wildman–Crippen MR) is 96.6 cm³/mol. The van der Waals surface area contributed by atoms with Crippen molar-refractivity contribution in [3.05, 3.63) is 35.4 Å². The maximum absolute atomic E-state index is 11.9. The highest BCUT2D eigenvalue weighted by molar-refractivity contribution is 6.03. The zero-order chi connectivity index (χ0) is 19.1. The Labute approximate surface area is 150 Å². The highest BCUT2D eigenvalue weighted by Crippen LogP contribution is 2.12. The van der Waals surface area contributed by atoms with Gasteiger partial charge in [0, 0.05) is 14.1 Å². The maximum Gasteiger partial charge on any atom is 0.339 e. The third-order valence-corrected chi connectivity index (χ3v) is 3.04. The van der Waals surface area contributed by atoms with Gasteiger partial charge in [0.1, 0.15) is 0 Å². The predicted octanol–water partition coefficient (Wildman–Crippen LogP) is 3.30. The Hall–Kier alpha value is -2.37. The molecule has 0 aliphatic carbocycles. The van der Waals surface area contributed by atoms with E-state index in [-0.39, 0.29) is 11.1 Å². The van der Waals surface area contributed by atoms with Crippen molar-refractivity contribution < 1.29 is 23.9 Å². The van der Waals surface area contributed by atoms with Gasteiger partial charge in [0.25, 0.3) is 0 Å². The number of unbranched alkanes of at least 4 members (excludes halogenated alkanes) is 2. The van der Waals surface area contributed by atoms with E-state index in [0.717, 1.165) is 32.1 Å². The number of rotatable bonds is 9. The van der Waals surface area contributed by atoms with Crippen LogP contribution in [0.4, 0.5) is 0 Å². The first kappa shape index (κ1) is 22.6. The molecule has 0 saturated heterocycles. The van der Waals surface area contributed by atoms with Gasteiger partial charge in [-0.25, -0.2) is 9.59 Å². The standard InChI is InChI=1S/C16H22O4.C3H7NO/c1-3-5-11-19-15(17)13-9-7-8-10-14(13)16(18)20-12-6-4-2;1-4(2)3-5/h7-10H,3-6,11-12H2,1-2H3;3H,1-2H3. The van der Waals surface area contributed by atoms with E-state index in [9.17, 15) is 14.4 Å². The van der Waals surface area contributed by atoms with Crippen molar-refractivity contribution in [1.82, 2.24) is 4.90 Å². The number of amides is 1. The van der Waals surface area contributed by atoms with E-state index in [1.54, 1.807) is 38.4 Å². The Kier molecular flexibility index (Phi) is 12.7. The van der Waals surface area contributed by atoms with Crippen LogP contribution in [-0.2, 0) is 14.3 Å². The van der Waals surface area contributed by atoms with Gasteiger partial charge < -0.3 is 14.4 Å². The number of nitrogens with zero attached hydrogens (tertiary/aromatic N) is 1. The molecule has 0 atom stereocenters. The zero-order valence-corrected chi connectivity index (χ0v) is 15.6. The fraction of sp³-hybridized carbons (Fsp3) is 0.526. The summed E-state index contributed by atoms with van der Waals surface area (Å²) in [5.41, 5.74) is 0.537. The third kappa shape index (κ3) is 10.2. The van der Waals surface area contributed by atoms with Crippen molar-refractivity contribution in [2.24, 2.45) is 0 Å². The lowest BCUT2D eigenvalue weighted by Gasteiger charge is -2.09. The molecule has 0 unspecified atom stereocenters. The fourth-order valence-electron chi connectivity index (χ4n) is 1.61. The van der Waals surface area contributed by atoms with E-state index in [2.05, 4.69) is 0 Å². The van der Waals surface area contributed by atoms with Crippen LogP contribution >= 0.6 is 0 Å². The smallest absolute Gasteiger partial charge is 0.339 e. The zero-order valence-electron chi connectivity index (χ0n) is 15.6. The second kappa shape index (κ2) is 14.0. The molecule has 0 heterocycles. The van der Waals surface area contributed by atoms with Crippen molar-refractivity contribution in [3.8, 4) is 0 Å². The largest absolute Gasteiger partial charge is 0.462 e. The number of carbonyl (C=O) groups is 3. The first-order chi connectivity index (χ1) is 12.0. The highest BCUT2D eigenvalue weighted by Gasteiger charge is 2.18. The minimum absolute atomic E-state index is 0.269. The second-order valence-electron chi connectivity index (χ2n) is 5.59. The van der Waals surface area contributed by atoms with Crippen molar-refractivity contribution in [3.63, 3.8) is 0 Å². The quantitative estimate of drug-likeness (QED) is 0.388. The maximum atomic E-state index is 11.9. The average Bonchev–Trinajstić information content (AvgIpc) is 2.62. The summed E-state index contributed by atoms with van der Waals surface area (Å²) in [7, 11) is 3.38. The lowest BCUT2D eigenvalue weighted by atomic mass is 10.1. The first-order valence-corrected chi connectivity index (χ1v) is 8.52. The van der Waals surface area contributed by atoms with Crippen LogP contribution in [0, 0.1) is 0 Å². The van der Waals surface area contributed by atoms with Crippen LogP contribution < -0.4 is 0 Å². The summed E-state index contributed by atoms with van der Waals surface area (Å²) >= 11 is 0. The molecule has 0 aromatic heterocycles. The molecule has 0 aliphatic heterocycles. The molecule has 0 saturated carbocycles. The van der Waals surface area contributed by atoms with Crippen LogP contribution in [0.5, 0.6) is 0 Å². The van der Waals surface area contributed by atoms with E-state index in [0.29, 0.717) is 13.2 Å². The average molecular weight is 351 g/mol. The molecule has 0 bridgehead atoms. The normalized spacial score (nSPS) is 9.44. The molecule has 1 rings (SSSR count). The Bertz CT molecular complexity index is 487. The highest BCUT2D eigenvalue weighted by atomic mass is 16.5. The van der Waals surface area contributed by atoms with Crippen LogP contribution in [0.15, 0.2) is 24.3 Å². The Morgan fingerprint density at radius 2 is 1.28 bits per heavy atom. The van der Waals surface area contributed by atoms with Gasteiger partial charge in [-0.2, -0.15) is 0 Å².